The number of H-pyrrole nitrogens is 1. The summed E-state index contributed by atoms with van der Waals surface area (Å²) in [5.41, 5.74) is 1.75. The van der Waals surface area contributed by atoms with Crippen molar-refractivity contribution in [2.75, 3.05) is 27.2 Å². The molecule has 1 amide bonds. The van der Waals surface area contributed by atoms with Crippen LogP contribution in [0.15, 0.2) is 24.3 Å². The zero-order chi connectivity index (χ0) is 14.1. The van der Waals surface area contributed by atoms with Crippen LogP contribution in [-0.4, -0.2) is 58.9 Å². The van der Waals surface area contributed by atoms with Gasteiger partial charge in [-0.1, -0.05) is 12.1 Å². The Morgan fingerprint density at radius 1 is 1.35 bits per heavy atom. The fourth-order valence-corrected chi connectivity index (χ4v) is 2.77. The van der Waals surface area contributed by atoms with Crippen molar-refractivity contribution in [3.63, 3.8) is 0 Å². The van der Waals surface area contributed by atoms with E-state index in [0.717, 1.165) is 37.0 Å². The van der Waals surface area contributed by atoms with Gasteiger partial charge in [-0.3, -0.25) is 4.79 Å². The SMILES string of the molecule is CN1CCC(N(C)C(=O)c2nc3ccccc3[nH]2)CC1. The lowest BCUT2D eigenvalue weighted by molar-refractivity contribution is 0.0649. The number of carbonyl (C=O) groups is 1. The highest BCUT2D eigenvalue weighted by molar-refractivity contribution is 5.94. The van der Waals surface area contributed by atoms with E-state index in [9.17, 15) is 4.79 Å². The summed E-state index contributed by atoms with van der Waals surface area (Å²) in [6.45, 7) is 2.09. The van der Waals surface area contributed by atoms with E-state index in [0.29, 0.717) is 11.9 Å². The lowest BCUT2D eigenvalue weighted by Gasteiger charge is -2.34. The number of amides is 1. The average Bonchev–Trinajstić information content (AvgIpc) is 2.90. The summed E-state index contributed by atoms with van der Waals surface area (Å²) in [5, 5.41) is 0. The number of nitrogens with zero attached hydrogens (tertiary/aromatic N) is 3. The number of rotatable bonds is 2. The number of likely N-dealkylation sites (tertiary alicyclic amines) is 1. The molecular weight excluding hydrogens is 252 g/mol. The Morgan fingerprint density at radius 3 is 2.75 bits per heavy atom. The van der Waals surface area contributed by atoms with Crippen LogP contribution >= 0.6 is 0 Å². The van der Waals surface area contributed by atoms with Crippen molar-refractivity contribution in [1.29, 1.82) is 0 Å². The summed E-state index contributed by atoms with van der Waals surface area (Å²) >= 11 is 0. The molecule has 20 heavy (non-hydrogen) atoms. The number of carbonyl (C=O) groups excluding carboxylic acids is 1. The van der Waals surface area contributed by atoms with Crippen LogP contribution < -0.4 is 0 Å². The number of aromatic nitrogens is 2. The van der Waals surface area contributed by atoms with Gasteiger partial charge in [0.25, 0.3) is 5.91 Å². The molecule has 1 aliphatic rings. The molecular formula is C15H20N4O. The predicted octanol–water partition coefficient (Wildman–Crippen LogP) is 1.73. The fraction of sp³-hybridized carbons (Fsp3) is 0.467. The first-order valence-electron chi connectivity index (χ1n) is 7.05. The normalized spacial score (nSPS) is 17.5. The summed E-state index contributed by atoms with van der Waals surface area (Å²) in [6.07, 6.45) is 2.05. The second-order valence-corrected chi connectivity index (χ2v) is 5.55. The molecule has 1 saturated heterocycles. The molecule has 1 fully saturated rings. The van der Waals surface area contributed by atoms with Crippen molar-refractivity contribution in [3.8, 4) is 0 Å². The lowest BCUT2D eigenvalue weighted by atomic mass is 10.0. The van der Waals surface area contributed by atoms with E-state index in [1.807, 2.05) is 36.2 Å². The van der Waals surface area contributed by atoms with E-state index in [2.05, 4.69) is 21.9 Å². The van der Waals surface area contributed by atoms with E-state index in [1.54, 1.807) is 0 Å². The maximum absolute atomic E-state index is 12.5. The second-order valence-electron chi connectivity index (χ2n) is 5.55. The van der Waals surface area contributed by atoms with Crippen molar-refractivity contribution in [2.45, 2.75) is 18.9 Å². The molecule has 1 aliphatic heterocycles. The number of nitrogens with one attached hydrogen (secondary N) is 1. The van der Waals surface area contributed by atoms with Gasteiger partial charge in [0.05, 0.1) is 11.0 Å². The zero-order valence-electron chi connectivity index (χ0n) is 12.0. The molecule has 106 valence electrons. The number of aromatic amines is 1. The van der Waals surface area contributed by atoms with Gasteiger partial charge in [0.1, 0.15) is 0 Å². The number of imidazole rings is 1. The van der Waals surface area contributed by atoms with Gasteiger partial charge in [0.15, 0.2) is 5.82 Å². The van der Waals surface area contributed by atoms with Crippen molar-refractivity contribution >= 4 is 16.9 Å². The van der Waals surface area contributed by atoms with Gasteiger partial charge in [-0.25, -0.2) is 4.98 Å². The van der Waals surface area contributed by atoms with E-state index >= 15 is 0 Å². The minimum absolute atomic E-state index is 0.0178. The molecule has 0 atom stereocenters. The standard InChI is InChI=1S/C15H20N4O/c1-18-9-7-11(8-10-18)19(2)15(20)14-16-12-5-3-4-6-13(12)17-14/h3-6,11H,7-10H2,1-2H3,(H,16,17). The van der Waals surface area contributed by atoms with Gasteiger partial charge in [-0.2, -0.15) is 0 Å². The van der Waals surface area contributed by atoms with Crippen molar-refractivity contribution < 1.29 is 4.79 Å². The third-order valence-corrected chi connectivity index (χ3v) is 4.15. The molecule has 0 bridgehead atoms. The highest BCUT2D eigenvalue weighted by atomic mass is 16.2. The average molecular weight is 272 g/mol. The highest BCUT2D eigenvalue weighted by Gasteiger charge is 2.26. The van der Waals surface area contributed by atoms with Crippen molar-refractivity contribution in [3.05, 3.63) is 30.1 Å². The molecule has 5 heteroatoms. The Kier molecular flexibility index (Phi) is 3.44. The molecule has 0 unspecified atom stereocenters. The predicted molar refractivity (Wildman–Crippen MR) is 78.7 cm³/mol. The fourth-order valence-electron chi connectivity index (χ4n) is 2.77. The third-order valence-electron chi connectivity index (χ3n) is 4.15. The minimum Gasteiger partial charge on any atom is -0.336 e. The van der Waals surface area contributed by atoms with Crippen molar-refractivity contribution in [2.24, 2.45) is 0 Å². The number of para-hydroxylation sites is 2. The number of hydrogen-bond acceptors (Lipinski definition) is 3. The molecule has 2 heterocycles. The van der Waals surface area contributed by atoms with Crippen LogP contribution in [0.25, 0.3) is 11.0 Å². The number of piperidine rings is 1. The summed E-state index contributed by atoms with van der Waals surface area (Å²) in [5.74, 6) is 0.420. The van der Waals surface area contributed by atoms with Gasteiger partial charge in [-0.15, -0.1) is 0 Å². The van der Waals surface area contributed by atoms with Crippen molar-refractivity contribution in [1.82, 2.24) is 19.8 Å². The molecule has 0 radical (unpaired) electrons. The second kappa shape index (κ2) is 5.25. The van der Waals surface area contributed by atoms with Gasteiger partial charge in [-0.05, 0) is 45.1 Å². The summed E-state index contributed by atoms with van der Waals surface area (Å²) in [4.78, 5) is 24.2. The zero-order valence-corrected chi connectivity index (χ0v) is 12.0. The minimum atomic E-state index is -0.0178. The van der Waals surface area contributed by atoms with E-state index in [-0.39, 0.29) is 5.91 Å². The Labute approximate surface area is 118 Å². The number of fused-ring (bicyclic) bond motifs is 1. The first-order chi connectivity index (χ1) is 9.65. The largest absolute Gasteiger partial charge is 0.336 e. The first-order valence-corrected chi connectivity index (χ1v) is 7.05. The first kappa shape index (κ1) is 13.1. The van der Waals surface area contributed by atoms with E-state index in [1.165, 1.54) is 0 Å². The lowest BCUT2D eigenvalue weighted by Crippen LogP contribution is -2.44. The van der Waals surface area contributed by atoms with Gasteiger partial charge < -0.3 is 14.8 Å². The molecule has 2 aromatic rings. The maximum atomic E-state index is 12.5. The third kappa shape index (κ3) is 2.41. The molecule has 1 N–H and O–H groups in total. The topological polar surface area (TPSA) is 52.2 Å². The molecule has 0 spiro atoms. The van der Waals surface area contributed by atoms with Crippen LogP contribution in [0.2, 0.25) is 0 Å². The van der Waals surface area contributed by atoms with Gasteiger partial charge in [0, 0.05) is 13.1 Å². The number of benzene rings is 1. The van der Waals surface area contributed by atoms with Gasteiger partial charge in [0.2, 0.25) is 0 Å². The summed E-state index contributed by atoms with van der Waals surface area (Å²) < 4.78 is 0. The maximum Gasteiger partial charge on any atom is 0.289 e. The van der Waals surface area contributed by atoms with Crippen LogP contribution in [0.4, 0.5) is 0 Å². The van der Waals surface area contributed by atoms with Gasteiger partial charge >= 0.3 is 0 Å². The van der Waals surface area contributed by atoms with E-state index in [4.69, 9.17) is 0 Å². The molecule has 0 saturated carbocycles. The Morgan fingerprint density at radius 2 is 2.05 bits per heavy atom. The van der Waals surface area contributed by atoms with Crippen LogP contribution in [0.5, 0.6) is 0 Å². The number of hydrogen-bond donors (Lipinski definition) is 1. The Bertz CT molecular complexity index is 580. The molecule has 1 aromatic carbocycles. The summed E-state index contributed by atoms with van der Waals surface area (Å²) in [7, 11) is 4.00. The summed E-state index contributed by atoms with van der Waals surface area (Å²) in [6, 6.07) is 8.03. The van der Waals surface area contributed by atoms with Crippen LogP contribution in [-0.2, 0) is 0 Å². The highest BCUT2D eigenvalue weighted by Crippen LogP contribution is 2.17. The molecule has 5 nitrogen and oxygen atoms in total. The van der Waals surface area contributed by atoms with Crippen LogP contribution in [0, 0.1) is 0 Å². The molecule has 1 aromatic heterocycles. The Hall–Kier alpha value is -1.88. The molecule has 3 rings (SSSR count). The quantitative estimate of drug-likeness (QED) is 0.906. The smallest absolute Gasteiger partial charge is 0.289 e. The molecule has 0 aliphatic carbocycles. The van der Waals surface area contributed by atoms with E-state index < -0.39 is 0 Å². The Balaban J connectivity index is 1.77. The monoisotopic (exact) mass is 272 g/mol. The van der Waals surface area contributed by atoms with Crippen LogP contribution in [0.1, 0.15) is 23.5 Å². The van der Waals surface area contributed by atoms with Crippen LogP contribution in [0.3, 0.4) is 0 Å².